The molecule has 0 saturated carbocycles. The van der Waals surface area contributed by atoms with Crippen LogP contribution in [0.2, 0.25) is 10.3 Å². The Hall–Kier alpha value is -2.05. The first-order chi connectivity index (χ1) is 10.0. The number of hydrogen-bond donors (Lipinski definition) is 1. The van der Waals surface area contributed by atoms with E-state index in [0.717, 1.165) is 0 Å². The third kappa shape index (κ3) is 3.53. The van der Waals surface area contributed by atoms with Crippen LogP contribution in [0, 0.1) is 0 Å². The van der Waals surface area contributed by atoms with Gasteiger partial charge in [0.05, 0.1) is 14.2 Å². The van der Waals surface area contributed by atoms with Gasteiger partial charge >= 0.3 is 0 Å². The summed E-state index contributed by atoms with van der Waals surface area (Å²) in [6.45, 7) is 0. The lowest BCUT2D eigenvalue weighted by atomic mass is 10.2. The van der Waals surface area contributed by atoms with Crippen LogP contribution in [0.5, 0.6) is 11.5 Å². The fourth-order valence-corrected chi connectivity index (χ4v) is 1.98. The number of ether oxygens (including phenoxy) is 2. The Morgan fingerprint density at radius 2 is 1.57 bits per heavy atom. The minimum atomic E-state index is -0.439. The fraction of sp³-hybridized carbons (Fsp3) is 0.154. The summed E-state index contributed by atoms with van der Waals surface area (Å²) in [6, 6.07) is 4.77. The molecule has 2 rings (SSSR count). The summed E-state index contributed by atoms with van der Waals surface area (Å²) in [5, 5.41) is 2.67. The molecule has 0 unspecified atom stereocenters. The lowest BCUT2D eigenvalue weighted by molar-refractivity contribution is 0.102. The largest absolute Gasteiger partial charge is 0.497 e. The second kappa shape index (κ2) is 6.60. The zero-order valence-electron chi connectivity index (χ0n) is 11.2. The second-order valence-electron chi connectivity index (χ2n) is 3.89. The van der Waals surface area contributed by atoms with E-state index in [-0.39, 0.29) is 16.0 Å². The van der Waals surface area contributed by atoms with Crippen LogP contribution < -0.4 is 14.8 Å². The van der Waals surface area contributed by atoms with Crippen molar-refractivity contribution in [1.29, 1.82) is 0 Å². The first-order valence-corrected chi connectivity index (χ1v) is 6.51. The number of carbonyl (C=O) groups excluding carboxylic acids is 1. The number of nitrogens with one attached hydrogen (secondary N) is 1. The minimum absolute atomic E-state index is 0.0539. The number of amides is 1. The van der Waals surface area contributed by atoms with Crippen LogP contribution in [-0.2, 0) is 0 Å². The monoisotopic (exact) mass is 327 g/mol. The van der Waals surface area contributed by atoms with Gasteiger partial charge in [0.25, 0.3) is 5.91 Å². The third-order valence-electron chi connectivity index (χ3n) is 2.61. The Balaban J connectivity index is 2.32. The molecular formula is C13H11Cl2N3O3. The molecular weight excluding hydrogens is 317 g/mol. The maximum atomic E-state index is 12.3. The standard InChI is InChI=1S/C13H11Cl2N3O3/c1-20-8-3-7(4-9(5-8)21-2)13(19)18-10-11(14)16-6-17-12(10)15/h3-6H,1-2H3,(H,18,19). The van der Waals surface area contributed by atoms with Crippen LogP contribution >= 0.6 is 23.2 Å². The summed E-state index contributed by atoms with van der Waals surface area (Å²) < 4.78 is 10.2. The highest BCUT2D eigenvalue weighted by atomic mass is 35.5. The zero-order valence-corrected chi connectivity index (χ0v) is 12.7. The molecule has 0 aliphatic rings. The van der Waals surface area contributed by atoms with E-state index in [0.29, 0.717) is 17.1 Å². The van der Waals surface area contributed by atoms with Crippen LogP contribution in [0.3, 0.4) is 0 Å². The van der Waals surface area contributed by atoms with E-state index in [2.05, 4.69) is 15.3 Å². The number of aromatic nitrogens is 2. The molecule has 0 aliphatic heterocycles. The van der Waals surface area contributed by atoms with Crippen molar-refractivity contribution in [2.24, 2.45) is 0 Å². The first-order valence-electron chi connectivity index (χ1n) is 5.75. The highest BCUT2D eigenvalue weighted by Gasteiger charge is 2.15. The quantitative estimate of drug-likeness (QED) is 0.873. The molecule has 1 N–H and O–H groups in total. The maximum absolute atomic E-state index is 12.3. The summed E-state index contributed by atoms with van der Waals surface area (Å²) in [5.41, 5.74) is 0.467. The molecule has 0 aliphatic carbocycles. The average molecular weight is 328 g/mol. The Kier molecular flexibility index (Phi) is 4.82. The molecule has 0 atom stereocenters. The van der Waals surface area contributed by atoms with Gasteiger partial charge in [0.1, 0.15) is 23.5 Å². The molecule has 1 aromatic carbocycles. The Bertz CT molecular complexity index is 637. The summed E-state index contributed by atoms with van der Waals surface area (Å²) in [4.78, 5) is 19.8. The number of nitrogens with zero attached hydrogens (tertiary/aromatic N) is 2. The van der Waals surface area contributed by atoms with Crippen molar-refractivity contribution >= 4 is 34.8 Å². The van der Waals surface area contributed by atoms with Crippen LogP contribution in [0.1, 0.15) is 10.4 Å². The van der Waals surface area contributed by atoms with Gasteiger partial charge in [-0.1, -0.05) is 23.2 Å². The van der Waals surface area contributed by atoms with Gasteiger partial charge < -0.3 is 14.8 Å². The fourth-order valence-electron chi connectivity index (χ4n) is 1.57. The van der Waals surface area contributed by atoms with Crippen molar-refractivity contribution in [3.05, 3.63) is 40.4 Å². The van der Waals surface area contributed by atoms with E-state index in [1.165, 1.54) is 20.5 Å². The van der Waals surface area contributed by atoms with Gasteiger partial charge in [0.15, 0.2) is 10.3 Å². The second-order valence-corrected chi connectivity index (χ2v) is 4.60. The van der Waals surface area contributed by atoms with E-state index < -0.39 is 5.91 Å². The predicted octanol–water partition coefficient (Wildman–Crippen LogP) is 3.05. The average Bonchev–Trinajstić information content (AvgIpc) is 2.50. The van der Waals surface area contributed by atoms with Crippen molar-refractivity contribution in [3.63, 3.8) is 0 Å². The number of benzene rings is 1. The van der Waals surface area contributed by atoms with Crippen LogP contribution in [0.4, 0.5) is 5.69 Å². The van der Waals surface area contributed by atoms with Gasteiger partial charge in [-0.3, -0.25) is 4.79 Å². The SMILES string of the molecule is COc1cc(OC)cc(C(=O)Nc2c(Cl)ncnc2Cl)c1. The number of anilines is 1. The van der Waals surface area contributed by atoms with Gasteiger partial charge in [0.2, 0.25) is 0 Å². The highest BCUT2D eigenvalue weighted by molar-refractivity contribution is 6.38. The molecule has 1 aromatic heterocycles. The van der Waals surface area contributed by atoms with Gasteiger partial charge in [-0.2, -0.15) is 0 Å². The Labute approximate surface area is 131 Å². The molecule has 8 heteroatoms. The zero-order chi connectivity index (χ0) is 15.4. The molecule has 1 heterocycles. The molecule has 110 valence electrons. The number of hydrogen-bond acceptors (Lipinski definition) is 5. The van der Waals surface area contributed by atoms with Crippen molar-refractivity contribution in [1.82, 2.24) is 9.97 Å². The first kappa shape index (κ1) is 15.3. The molecule has 6 nitrogen and oxygen atoms in total. The maximum Gasteiger partial charge on any atom is 0.256 e. The van der Waals surface area contributed by atoms with Crippen molar-refractivity contribution < 1.29 is 14.3 Å². The molecule has 1 amide bonds. The van der Waals surface area contributed by atoms with Crippen molar-refractivity contribution in [2.45, 2.75) is 0 Å². The van der Waals surface area contributed by atoms with Crippen LogP contribution in [0.25, 0.3) is 0 Å². The Morgan fingerprint density at radius 3 is 2.05 bits per heavy atom. The lowest BCUT2D eigenvalue weighted by Gasteiger charge is -2.10. The smallest absolute Gasteiger partial charge is 0.256 e. The molecule has 2 aromatic rings. The Morgan fingerprint density at radius 1 is 1.05 bits per heavy atom. The van der Waals surface area contributed by atoms with Crippen molar-refractivity contribution in [2.75, 3.05) is 19.5 Å². The summed E-state index contributed by atoms with van der Waals surface area (Å²) >= 11 is 11.8. The number of rotatable bonds is 4. The van der Waals surface area contributed by atoms with E-state index in [9.17, 15) is 4.79 Å². The van der Waals surface area contributed by atoms with Crippen molar-refractivity contribution in [3.8, 4) is 11.5 Å². The topological polar surface area (TPSA) is 73.3 Å². The highest BCUT2D eigenvalue weighted by Crippen LogP contribution is 2.28. The molecule has 0 spiro atoms. The number of carbonyl (C=O) groups is 1. The van der Waals surface area contributed by atoms with Gasteiger partial charge in [-0.15, -0.1) is 0 Å². The molecule has 0 bridgehead atoms. The summed E-state index contributed by atoms with van der Waals surface area (Å²) in [6.07, 6.45) is 1.20. The van der Waals surface area contributed by atoms with Crippen LogP contribution in [-0.4, -0.2) is 30.1 Å². The van der Waals surface area contributed by atoms with Crippen LogP contribution in [0.15, 0.2) is 24.5 Å². The van der Waals surface area contributed by atoms with Gasteiger partial charge in [-0.05, 0) is 12.1 Å². The number of methoxy groups -OCH3 is 2. The summed E-state index contributed by atoms with van der Waals surface area (Å²) in [5.74, 6) is 0.535. The third-order valence-corrected chi connectivity index (χ3v) is 3.18. The normalized spacial score (nSPS) is 10.1. The summed E-state index contributed by atoms with van der Waals surface area (Å²) in [7, 11) is 2.99. The predicted molar refractivity (Wildman–Crippen MR) is 79.6 cm³/mol. The van der Waals surface area contributed by atoms with E-state index in [4.69, 9.17) is 32.7 Å². The molecule has 21 heavy (non-hydrogen) atoms. The number of halogens is 2. The van der Waals surface area contributed by atoms with E-state index in [1.54, 1.807) is 18.2 Å². The lowest BCUT2D eigenvalue weighted by Crippen LogP contribution is -2.13. The minimum Gasteiger partial charge on any atom is -0.497 e. The van der Waals surface area contributed by atoms with E-state index in [1.807, 2.05) is 0 Å². The van der Waals surface area contributed by atoms with Gasteiger partial charge in [0, 0.05) is 11.6 Å². The molecule has 0 saturated heterocycles. The van der Waals surface area contributed by atoms with Gasteiger partial charge in [-0.25, -0.2) is 9.97 Å². The molecule has 0 fully saturated rings. The molecule has 0 radical (unpaired) electrons. The van der Waals surface area contributed by atoms with E-state index >= 15 is 0 Å².